The molecule has 0 radical (unpaired) electrons. The van der Waals surface area contributed by atoms with Gasteiger partial charge in [-0.3, -0.25) is 0 Å². The fourth-order valence-corrected chi connectivity index (χ4v) is 2.57. The summed E-state index contributed by atoms with van der Waals surface area (Å²) in [5, 5.41) is 10.3. The van der Waals surface area contributed by atoms with E-state index in [-0.39, 0.29) is 6.04 Å². The number of aliphatic hydroxyl groups excluding tert-OH is 1. The topological polar surface area (TPSA) is 46.2 Å². The van der Waals surface area contributed by atoms with Crippen LogP contribution in [-0.2, 0) is 6.42 Å². The van der Waals surface area contributed by atoms with E-state index in [0.29, 0.717) is 0 Å². The van der Waals surface area contributed by atoms with Gasteiger partial charge in [-0.25, -0.2) is 0 Å². The number of aliphatic hydroxyl groups is 1. The van der Waals surface area contributed by atoms with Crippen molar-refractivity contribution in [1.29, 1.82) is 0 Å². The fraction of sp³-hybridized carbons (Fsp3) is 0.200. The van der Waals surface area contributed by atoms with Crippen molar-refractivity contribution in [3.63, 3.8) is 0 Å². The average molecular weight is 225 g/mol. The Morgan fingerprint density at radius 2 is 1.41 bits per heavy atom. The van der Waals surface area contributed by atoms with Crippen LogP contribution in [-0.4, -0.2) is 5.11 Å². The third kappa shape index (κ3) is 1.66. The Kier molecular flexibility index (Phi) is 2.46. The van der Waals surface area contributed by atoms with Crippen molar-refractivity contribution in [2.45, 2.75) is 18.6 Å². The van der Waals surface area contributed by atoms with E-state index in [2.05, 4.69) is 12.1 Å². The molecule has 2 aromatic rings. The molecular weight excluding hydrogens is 210 g/mol. The Bertz CT molecular complexity index is 501. The summed E-state index contributed by atoms with van der Waals surface area (Å²) in [6, 6.07) is 15.7. The number of hydrogen-bond acceptors (Lipinski definition) is 2. The molecule has 2 aromatic carbocycles. The molecule has 0 aromatic heterocycles. The molecule has 2 nitrogen and oxygen atoms in total. The van der Waals surface area contributed by atoms with Crippen LogP contribution < -0.4 is 5.73 Å². The van der Waals surface area contributed by atoms with Crippen molar-refractivity contribution in [3.05, 3.63) is 70.8 Å². The molecule has 0 unspecified atom stereocenters. The van der Waals surface area contributed by atoms with E-state index in [1.807, 2.05) is 36.4 Å². The van der Waals surface area contributed by atoms with Gasteiger partial charge in [-0.1, -0.05) is 48.5 Å². The van der Waals surface area contributed by atoms with Gasteiger partial charge in [0.05, 0.1) is 12.1 Å². The maximum absolute atomic E-state index is 10.3. The van der Waals surface area contributed by atoms with Crippen molar-refractivity contribution in [2.75, 3.05) is 0 Å². The van der Waals surface area contributed by atoms with E-state index in [1.165, 1.54) is 11.1 Å². The van der Waals surface area contributed by atoms with Crippen molar-refractivity contribution in [2.24, 2.45) is 5.73 Å². The predicted octanol–water partition coefficient (Wildman–Crippen LogP) is 2.32. The van der Waals surface area contributed by atoms with Gasteiger partial charge in [0, 0.05) is 0 Å². The zero-order valence-electron chi connectivity index (χ0n) is 9.51. The summed E-state index contributed by atoms with van der Waals surface area (Å²) in [4.78, 5) is 0. The lowest BCUT2D eigenvalue weighted by Crippen LogP contribution is -2.19. The SMILES string of the molecule is N[C@H]1c2ccccc2Cc2ccccc2[C@H]1O. The van der Waals surface area contributed by atoms with Crippen LogP contribution in [0.3, 0.4) is 0 Å². The molecule has 86 valence electrons. The van der Waals surface area contributed by atoms with Gasteiger partial charge in [0.1, 0.15) is 0 Å². The Morgan fingerprint density at radius 1 is 0.882 bits per heavy atom. The van der Waals surface area contributed by atoms with Crippen LogP contribution in [0.4, 0.5) is 0 Å². The molecular formula is C15H15NO. The van der Waals surface area contributed by atoms with Crippen molar-refractivity contribution in [1.82, 2.24) is 0 Å². The van der Waals surface area contributed by atoms with Gasteiger partial charge in [-0.2, -0.15) is 0 Å². The lowest BCUT2D eigenvalue weighted by Gasteiger charge is -2.19. The second kappa shape index (κ2) is 3.99. The van der Waals surface area contributed by atoms with Crippen LogP contribution in [0, 0.1) is 0 Å². The molecule has 0 spiro atoms. The maximum Gasteiger partial charge on any atom is 0.0985 e. The Labute approximate surface area is 101 Å². The minimum atomic E-state index is -0.616. The molecule has 3 rings (SSSR count). The van der Waals surface area contributed by atoms with Crippen LogP contribution in [0.1, 0.15) is 34.4 Å². The van der Waals surface area contributed by atoms with Crippen LogP contribution in [0.15, 0.2) is 48.5 Å². The van der Waals surface area contributed by atoms with Gasteiger partial charge in [0.2, 0.25) is 0 Å². The van der Waals surface area contributed by atoms with Crippen LogP contribution in [0.2, 0.25) is 0 Å². The first kappa shape index (κ1) is 10.5. The molecule has 0 amide bonds. The molecule has 1 aliphatic carbocycles. The largest absolute Gasteiger partial charge is 0.386 e. The van der Waals surface area contributed by atoms with Crippen LogP contribution >= 0.6 is 0 Å². The minimum absolute atomic E-state index is 0.338. The van der Waals surface area contributed by atoms with Crippen molar-refractivity contribution in [3.8, 4) is 0 Å². The van der Waals surface area contributed by atoms with E-state index in [4.69, 9.17) is 5.73 Å². The quantitative estimate of drug-likeness (QED) is 0.722. The van der Waals surface area contributed by atoms with E-state index in [0.717, 1.165) is 17.5 Å². The number of rotatable bonds is 0. The number of nitrogens with two attached hydrogens (primary N) is 1. The van der Waals surface area contributed by atoms with E-state index in [1.54, 1.807) is 0 Å². The highest BCUT2D eigenvalue weighted by atomic mass is 16.3. The molecule has 0 saturated heterocycles. The smallest absolute Gasteiger partial charge is 0.0985 e. The lowest BCUT2D eigenvalue weighted by atomic mass is 9.97. The highest BCUT2D eigenvalue weighted by Gasteiger charge is 2.26. The first-order valence-electron chi connectivity index (χ1n) is 5.86. The van der Waals surface area contributed by atoms with Gasteiger partial charge >= 0.3 is 0 Å². The highest BCUT2D eigenvalue weighted by Crippen LogP contribution is 2.35. The molecule has 0 heterocycles. The van der Waals surface area contributed by atoms with E-state index >= 15 is 0 Å². The van der Waals surface area contributed by atoms with Crippen LogP contribution in [0.5, 0.6) is 0 Å². The van der Waals surface area contributed by atoms with Gasteiger partial charge in [-0.05, 0) is 28.7 Å². The second-order valence-electron chi connectivity index (χ2n) is 4.55. The summed E-state index contributed by atoms with van der Waals surface area (Å²) >= 11 is 0. The molecule has 0 fully saturated rings. The molecule has 2 atom stereocenters. The zero-order chi connectivity index (χ0) is 11.8. The second-order valence-corrected chi connectivity index (χ2v) is 4.55. The molecule has 0 saturated carbocycles. The molecule has 3 N–H and O–H groups in total. The highest BCUT2D eigenvalue weighted by molar-refractivity contribution is 5.43. The Morgan fingerprint density at radius 3 is 2.12 bits per heavy atom. The van der Waals surface area contributed by atoms with E-state index in [9.17, 15) is 5.11 Å². The summed E-state index contributed by atoms with van der Waals surface area (Å²) in [7, 11) is 0. The zero-order valence-corrected chi connectivity index (χ0v) is 9.51. The third-order valence-corrected chi connectivity index (χ3v) is 3.51. The standard InChI is InChI=1S/C15H15NO/c16-14-12-7-3-1-5-10(12)9-11-6-2-4-8-13(11)15(14)17/h1-8,14-15,17H,9,16H2/t14-,15+/m0/s1. The molecule has 0 bridgehead atoms. The lowest BCUT2D eigenvalue weighted by molar-refractivity contribution is 0.147. The number of fused-ring (bicyclic) bond motifs is 2. The van der Waals surface area contributed by atoms with E-state index < -0.39 is 6.10 Å². The average Bonchev–Trinajstić information content (AvgIpc) is 2.48. The summed E-state index contributed by atoms with van der Waals surface area (Å²) in [5.41, 5.74) is 10.5. The summed E-state index contributed by atoms with van der Waals surface area (Å²) in [5.74, 6) is 0. The van der Waals surface area contributed by atoms with Gasteiger partial charge in [-0.15, -0.1) is 0 Å². The van der Waals surface area contributed by atoms with Gasteiger partial charge in [0.25, 0.3) is 0 Å². The summed E-state index contributed by atoms with van der Waals surface area (Å²) in [6.45, 7) is 0. The number of hydrogen-bond donors (Lipinski definition) is 2. The van der Waals surface area contributed by atoms with Crippen molar-refractivity contribution >= 4 is 0 Å². The molecule has 2 heteroatoms. The maximum atomic E-state index is 10.3. The summed E-state index contributed by atoms with van der Waals surface area (Å²) in [6.07, 6.45) is 0.228. The summed E-state index contributed by atoms with van der Waals surface area (Å²) < 4.78 is 0. The van der Waals surface area contributed by atoms with Crippen molar-refractivity contribution < 1.29 is 5.11 Å². The fourth-order valence-electron chi connectivity index (χ4n) is 2.57. The van der Waals surface area contributed by atoms with Gasteiger partial charge < -0.3 is 10.8 Å². The molecule has 0 aliphatic heterocycles. The third-order valence-electron chi connectivity index (χ3n) is 3.51. The Hall–Kier alpha value is -1.64. The van der Waals surface area contributed by atoms with Crippen LogP contribution in [0.25, 0.3) is 0 Å². The Balaban J connectivity index is 2.20. The predicted molar refractivity (Wildman–Crippen MR) is 67.6 cm³/mol. The minimum Gasteiger partial charge on any atom is -0.386 e. The molecule has 17 heavy (non-hydrogen) atoms. The number of benzene rings is 2. The first-order valence-corrected chi connectivity index (χ1v) is 5.86. The first-order chi connectivity index (χ1) is 8.27. The molecule has 1 aliphatic rings. The van der Waals surface area contributed by atoms with Gasteiger partial charge in [0.15, 0.2) is 0 Å². The monoisotopic (exact) mass is 225 g/mol. The normalized spacial score (nSPS) is 22.5.